The first-order valence-electron chi connectivity index (χ1n) is 9.45. The number of carbonyl (C=O) groups excluding carboxylic acids is 2. The van der Waals surface area contributed by atoms with Crippen LogP contribution in [-0.4, -0.2) is 47.6 Å². The first kappa shape index (κ1) is 17.9. The third-order valence-electron chi connectivity index (χ3n) is 5.49. The van der Waals surface area contributed by atoms with Crippen molar-refractivity contribution < 1.29 is 14.7 Å². The fourth-order valence-corrected chi connectivity index (χ4v) is 4.17. The molecule has 2 atom stereocenters. The molecule has 136 valence electrons. The van der Waals surface area contributed by atoms with Crippen molar-refractivity contribution in [1.29, 1.82) is 0 Å². The number of hydrogen-bond donors (Lipinski definition) is 1. The van der Waals surface area contributed by atoms with Gasteiger partial charge in [-0.25, -0.2) is 0 Å². The van der Waals surface area contributed by atoms with Gasteiger partial charge in [-0.1, -0.05) is 25.1 Å². The number of hydrogen-bond acceptors (Lipinski definition) is 3. The second kappa shape index (κ2) is 8.00. The zero-order valence-corrected chi connectivity index (χ0v) is 15.0. The second-order valence-corrected chi connectivity index (χ2v) is 7.08. The molecule has 2 aliphatic heterocycles. The molecule has 5 nitrogen and oxygen atoms in total. The van der Waals surface area contributed by atoms with Gasteiger partial charge in [-0.2, -0.15) is 0 Å². The highest BCUT2D eigenvalue weighted by atomic mass is 16.3. The van der Waals surface area contributed by atoms with Gasteiger partial charge in [-0.05, 0) is 43.7 Å². The number of anilines is 1. The Kier molecular flexibility index (Phi) is 5.74. The number of carbonyl (C=O) groups is 2. The Morgan fingerprint density at radius 1 is 1.32 bits per heavy atom. The first-order chi connectivity index (χ1) is 12.2. The number of benzene rings is 1. The van der Waals surface area contributed by atoms with Gasteiger partial charge in [0.25, 0.3) is 0 Å². The topological polar surface area (TPSA) is 60.9 Å². The normalized spacial score (nSPS) is 23.5. The Labute approximate surface area is 149 Å². The molecule has 0 aromatic heterocycles. The number of para-hydroxylation sites is 1. The van der Waals surface area contributed by atoms with E-state index in [1.807, 2.05) is 29.2 Å². The molecular formula is C20H28N2O3. The molecule has 1 aromatic carbocycles. The highest BCUT2D eigenvalue weighted by Crippen LogP contribution is 2.31. The summed E-state index contributed by atoms with van der Waals surface area (Å²) in [5.41, 5.74) is 2.09. The Balaban J connectivity index is 1.70. The molecule has 3 rings (SSSR count). The van der Waals surface area contributed by atoms with Crippen LogP contribution in [0.4, 0.5) is 5.69 Å². The van der Waals surface area contributed by atoms with E-state index in [1.165, 1.54) is 0 Å². The molecule has 1 aromatic rings. The minimum Gasteiger partial charge on any atom is -0.396 e. The maximum atomic E-state index is 13.0. The molecule has 0 aliphatic carbocycles. The lowest BCUT2D eigenvalue weighted by Crippen LogP contribution is -2.40. The van der Waals surface area contributed by atoms with Crippen LogP contribution in [0.2, 0.25) is 0 Å². The van der Waals surface area contributed by atoms with Crippen molar-refractivity contribution in [3.63, 3.8) is 0 Å². The summed E-state index contributed by atoms with van der Waals surface area (Å²) in [4.78, 5) is 29.3. The zero-order chi connectivity index (χ0) is 17.8. The standard InChI is InChI=1S/C20H28N2O3/c1-2-15-7-3-4-10-18(15)22-14-16(13-19(22)24)20(25)21-11-5-8-17(21)9-6-12-23/h3-4,7,10,16-17,23H,2,5-6,8-9,11-14H2,1H3. The molecule has 1 N–H and O–H groups in total. The number of aliphatic hydroxyl groups excluding tert-OH is 1. The second-order valence-electron chi connectivity index (χ2n) is 7.08. The van der Waals surface area contributed by atoms with Gasteiger partial charge in [-0.3, -0.25) is 9.59 Å². The van der Waals surface area contributed by atoms with Crippen molar-refractivity contribution in [3.05, 3.63) is 29.8 Å². The van der Waals surface area contributed by atoms with Gasteiger partial charge in [0.2, 0.25) is 11.8 Å². The zero-order valence-electron chi connectivity index (χ0n) is 15.0. The minimum atomic E-state index is -0.243. The van der Waals surface area contributed by atoms with Gasteiger partial charge >= 0.3 is 0 Å². The van der Waals surface area contributed by atoms with Gasteiger partial charge in [0.15, 0.2) is 0 Å². The summed E-state index contributed by atoms with van der Waals surface area (Å²) in [6.45, 7) is 3.52. The van der Waals surface area contributed by atoms with E-state index in [1.54, 1.807) is 4.90 Å². The summed E-state index contributed by atoms with van der Waals surface area (Å²) >= 11 is 0. The van der Waals surface area contributed by atoms with Crippen LogP contribution >= 0.6 is 0 Å². The molecule has 2 unspecified atom stereocenters. The van der Waals surface area contributed by atoms with E-state index < -0.39 is 0 Å². The van der Waals surface area contributed by atoms with Crippen molar-refractivity contribution in [2.24, 2.45) is 5.92 Å². The molecule has 2 aliphatic rings. The van der Waals surface area contributed by atoms with E-state index in [9.17, 15) is 9.59 Å². The van der Waals surface area contributed by atoms with Gasteiger partial charge in [0, 0.05) is 37.8 Å². The summed E-state index contributed by atoms with van der Waals surface area (Å²) in [6, 6.07) is 8.18. The van der Waals surface area contributed by atoms with Crippen LogP contribution in [-0.2, 0) is 16.0 Å². The van der Waals surface area contributed by atoms with Crippen molar-refractivity contribution >= 4 is 17.5 Å². The predicted octanol–water partition coefficient (Wildman–Crippen LogP) is 2.37. The minimum absolute atomic E-state index is 0.0466. The fraction of sp³-hybridized carbons (Fsp3) is 0.600. The first-order valence-corrected chi connectivity index (χ1v) is 9.45. The molecular weight excluding hydrogens is 316 g/mol. The third-order valence-corrected chi connectivity index (χ3v) is 5.49. The quantitative estimate of drug-likeness (QED) is 0.862. The lowest BCUT2D eigenvalue weighted by molar-refractivity contribution is -0.136. The molecule has 0 spiro atoms. The predicted molar refractivity (Wildman–Crippen MR) is 97.3 cm³/mol. The number of amides is 2. The maximum Gasteiger partial charge on any atom is 0.228 e. The SMILES string of the molecule is CCc1ccccc1N1CC(C(=O)N2CCCC2CCCO)CC1=O. The van der Waals surface area contributed by atoms with Gasteiger partial charge < -0.3 is 14.9 Å². The van der Waals surface area contributed by atoms with E-state index in [-0.39, 0.29) is 30.4 Å². The van der Waals surface area contributed by atoms with Crippen molar-refractivity contribution in [2.45, 2.75) is 51.5 Å². The van der Waals surface area contributed by atoms with Crippen LogP contribution in [0.5, 0.6) is 0 Å². The summed E-state index contributed by atoms with van der Waals surface area (Å²) in [6.07, 6.45) is 4.78. The lowest BCUT2D eigenvalue weighted by Gasteiger charge is -2.27. The summed E-state index contributed by atoms with van der Waals surface area (Å²) in [5, 5.41) is 9.05. The summed E-state index contributed by atoms with van der Waals surface area (Å²) < 4.78 is 0. The number of aliphatic hydroxyl groups is 1. The highest BCUT2D eigenvalue weighted by molar-refractivity contribution is 6.00. The molecule has 2 saturated heterocycles. The number of nitrogens with zero attached hydrogens (tertiary/aromatic N) is 2. The molecule has 2 amide bonds. The molecule has 2 heterocycles. The average molecular weight is 344 g/mol. The van der Waals surface area contributed by atoms with Crippen LogP contribution < -0.4 is 4.90 Å². The molecule has 0 bridgehead atoms. The highest BCUT2D eigenvalue weighted by Gasteiger charge is 2.40. The lowest BCUT2D eigenvalue weighted by atomic mass is 10.0. The van der Waals surface area contributed by atoms with Gasteiger partial charge in [0.1, 0.15) is 0 Å². The van der Waals surface area contributed by atoms with Crippen LogP contribution in [0, 0.1) is 5.92 Å². The van der Waals surface area contributed by atoms with Gasteiger partial charge in [-0.15, -0.1) is 0 Å². The van der Waals surface area contributed by atoms with Crippen LogP contribution in [0.3, 0.4) is 0 Å². The average Bonchev–Trinajstić information content (AvgIpc) is 3.25. The van der Waals surface area contributed by atoms with Gasteiger partial charge in [0.05, 0.1) is 5.92 Å². The largest absolute Gasteiger partial charge is 0.396 e. The maximum absolute atomic E-state index is 13.0. The van der Waals surface area contributed by atoms with E-state index in [4.69, 9.17) is 5.11 Å². The smallest absolute Gasteiger partial charge is 0.228 e. The molecule has 2 fully saturated rings. The van der Waals surface area contributed by atoms with Crippen molar-refractivity contribution in [3.8, 4) is 0 Å². The van der Waals surface area contributed by atoms with E-state index >= 15 is 0 Å². The van der Waals surface area contributed by atoms with Crippen molar-refractivity contribution in [2.75, 3.05) is 24.6 Å². The van der Waals surface area contributed by atoms with E-state index in [0.717, 1.165) is 49.9 Å². The van der Waals surface area contributed by atoms with Crippen molar-refractivity contribution in [1.82, 2.24) is 4.90 Å². The Bertz CT molecular complexity index is 631. The molecule has 0 radical (unpaired) electrons. The van der Waals surface area contributed by atoms with Crippen LogP contribution in [0.1, 0.15) is 44.6 Å². The molecule has 25 heavy (non-hydrogen) atoms. The number of aryl methyl sites for hydroxylation is 1. The Morgan fingerprint density at radius 2 is 2.12 bits per heavy atom. The summed E-state index contributed by atoms with van der Waals surface area (Å²) in [5.74, 6) is -0.0808. The van der Waals surface area contributed by atoms with E-state index in [2.05, 4.69) is 6.92 Å². The Morgan fingerprint density at radius 3 is 2.88 bits per heavy atom. The van der Waals surface area contributed by atoms with E-state index in [0.29, 0.717) is 13.0 Å². The number of rotatable bonds is 6. The van der Waals surface area contributed by atoms with Crippen LogP contribution in [0.25, 0.3) is 0 Å². The molecule has 5 heteroatoms. The van der Waals surface area contributed by atoms with Crippen LogP contribution in [0.15, 0.2) is 24.3 Å². The number of likely N-dealkylation sites (tertiary alicyclic amines) is 1. The monoisotopic (exact) mass is 344 g/mol. The Hall–Kier alpha value is -1.88. The molecule has 0 saturated carbocycles. The summed E-state index contributed by atoms with van der Waals surface area (Å²) in [7, 11) is 0. The third kappa shape index (κ3) is 3.71. The fourth-order valence-electron chi connectivity index (χ4n) is 4.17.